The van der Waals surface area contributed by atoms with Crippen molar-refractivity contribution in [2.75, 3.05) is 12.3 Å². The minimum Gasteiger partial charge on any atom is -0.335 e. The molecule has 1 saturated heterocycles. The predicted molar refractivity (Wildman–Crippen MR) is 82.9 cm³/mol. The van der Waals surface area contributed by atoms with Gasteiger partial charge in [-0.2, -0.15) is 5.10 Å². The number of carbonyl (C=O) groups excluding carboxylic acids is 1. The summed E-state index contributed by atoms with van der Waals surface area (Å²) in [6.07, 6.45) is 8.79. The summed E-state index contributed by atoms with van der Waals surface area (Å²) in [5.41, 5.74) is 0.992. The quantitative estimate of drug-likeness (QED) is 0.840. The van der Waals surface area contributed by atoms with Crippen molar-refractivity contribution in [3.63, 3.8) is 0 Å². The lowest BCUT2D eigenvalue weighted by atomic mass is 10.1. The lowest BCUT2D eigenvalue weighted by molar-refractivity contribution is -0.129. The van der Waals surface area contributed by atoms with Crippen LogP contribution in [0.25, 0.3) is 0 Å². The Kier molecular flexibility index (Phi) is 4.25. The Morgan fingerprint density at radius 3 is 2.64 bits per heavy atom. The van der Waals surface area contributed by atoms with Gasteiger partial charge in [0, 0.05) is 25.4 Å². The number of amides is 1. The molecule has 1 atom stereocenters. The molecule has 0 spiro atoms. The van der Waals surface area contributed by atoms with Crippen LogP contribution >= 0.6 is 0 Å². The van der Waals surface area contributed by atoms with Crippen LogP contribution in [0, 0.1) is 0 Å². The Morgan fingerprint density at radius 1 is 1.27 bits per heavy atom. The van der Waals surface area contributed by atoms with Gasteiger partial charge in [-0.1, -0.05) is 12.8 Å². The summed E-state index contributed by atoms with van der Waals surface area (Å²) in [6, 6.07) is -0.0278. The molecule has 2 aliphatic rings. The van der Waals surface area contributed by atoms with Crippen LogP contribution in [0.5, 0.6) is 0 Å². The Balaban J connectivity index is 1.71. The first-order valence-electron chi connectivity index (χ1n) is 7.97. The Bertz CT molecular complexity index is 647. The third-order valence-electron chi connectivity index (χ3n) is 4.82. The molecular formula is C15H23N3O3S. The van der Waals surface area contributed by atoms with Crippen molar-refractivity contribution in [1.29, 1.82) is 0 Å². The summed E-state index contributed by atoms with van der Waals surface area (Å²) < 4.78 is 26.5. The number of likely N-dealkylation sites (tertiary alicyclic amines) is 1. The molecule has 1 aromatic rings. The average molecular weight is 325 g/mol. The molecule has 2 heterocycles. The van der Waals surface area contributed by atoms with Crippen LogP contribution in [0.15, 0.2) is 12.4 Å². The van der Waals surface area contributed by atoms with Crippen molar-refractivity contribution in [3.05, 3.63) is 18.0 Å². The fourth-order valence-corrected chi connectivity index (χ4v) is 5.44. The fourth-order valence-electron chi connectivity index (χ4n) is 3.64. The smallest absolute Gasteiger partial charge is 0.238 e. The monoisotopic (exact) mass is 325 g/mol. The van der Waals surface area contributed by atoms with E-state index in [0.717, 1.165) is 31.2 Å². The van der Waals surface area contributed by atoms with Gasteiger partial charge in [-0.15, -0.1) is 0 Å². The van der Waals surface area contributed by atoms with Gasteiger partial charge in [0.25, 0.3) is 0 Å². The van der Waals surface area contributed by atoms with E-state index in [-0.39, 0.29) is 23.0 Å². The molecule has 122 valence electrons. The number of aromatic nitrogens is 2. The van der Waals surface area contributed by atoms with Crippen LogP contribution in [0.2, 0.25) is 0 Å². The van der Waals surface area contributed by atoms with Crippen LogP contribution < -0.4 is 0 Å². The Labute approximate surface area is 131 Å². The van der Waals surface area contributed by atoms with E-state index >= 15 is 0 Å². The number of hydrogen-bond donors (Lipinski definition) is 0. The summed E-state index contributed by atoms with van der Waals surface area (Å²) in [5.74, 6) is -0.590. The molecule has 0 radical (unpaired) electrons. The zero-order valence-electron chi connectivity index (χ0n) is 12.9. The summed E-state index contributed by atoms with van der Waals surface area (Å²) >= 11 is 0. The standard InChI is InChI=1S/C15H23N3O3S/c1-17-10-12(9-16-17)14-7-4-8-18(14)15(19)11-22(20,21)13-5-2-3-6-13/h9-10,13-14H,2-8,11H2,1H3/t14-/m1/s1. The third kappa shape index (κ3) is 3.04. The SMILES string of the molecule is Cn1cc([C@H]2CCCN2C(=O)CS(=O)(=O)C2CCCC2)cn1. The largest absolute Gasteiger partial charge is 0.335 e. The van der Waals surface area contributed by atoms with E-state index in [4.69, 9.17) is 0 Å². The molecule has 0 N–H and O–H groups in total. The van der Waals surface area contributed by atoms with Gasteiger partial charge in [-0.25, -0.2) is 8.42 Å². The maximum absolute atomic E-state index is 12.5. The molecule has 22 heavy (non-hydrogen) atoms. The second-order valence-corrected chi connectivity index (χ2v) is 8.69. The highest BCUT2D eigenvalue weighted by atomic mass is 32.2. The van der Waals surface area contributed by atoms with Crippen molar-refractivity contribution in [2.24, 2.45) is 7.05 Å². The third-order valence-corrected chi connectivity index (χ3v) is 6.95. The van der Waals surface area contributed by atoms with Gasteiger partial charge in [-0.3, -0.25) is 9.48 Å². The van der Waals surface area contributed by atoms with Gasteiger partial charge in [0.05, 0.1) is 17.5 Å². The van der Waals surface area contributed by atoms with Gasteiger partial charge in [0.1, 0.15) is 5.75 Å². The number of sulfone groups is 1. The molecule has 0 unspecified atom stereocenters. The molecule has 7 heteroatoms. The summed E-state index contributed by atoms with van der Waals surface area (Å²) in [7, 11) is -1.47. The van der Waals surface area contributed by atoms with Gasteiger partial charge in [0.2, 0.25) is 5.91 Å². The number of aryl methyl sites for hydroxylation is 1. The topological polar surface area (TPSA) is 72.3 Å². The van der Waals surface area contributed by atoms with E-state index in [2.05, 4.69) is 5.10 Å². The predicted octanol–water partition coefficient (Wildman–Crippen LogP) is 1.44. The maximum Gasteiger partial charge on any atom is 0.238 e. The first-order chi connectivity index (χ1) is 10.5. The first kappa shape index (κ1) is 15.5. The van der Waals surface area contributed by atoms with E-state index in [9.17, 15) is 13.2 Å². The molecule has 3 rings (SSSR count). The number of hydrogen-bond acceptors (Lipinski definition) is 4. The maximum atomic E-state index is 12.5. The lowest BCUT2D eigenvalue weighted by Gasteiger charge is -2.24. The number of rotatable bonds is 4. The summed E-state index contributed by atoms with van der Waals surface area (Å²) in [4.78, 5) is 14.3. The second-order valence-electron chi connectivity index (χ2n) is 6.41. The van der Waals surface area contributed by atoms with Crippen LogP contribution in [0.1, 0.15) is 50.1 Å². The van der Waals surface area contributed by atoms with E-state index in [1.807, 2.05) is 13.2 Å². The molecule has 1 aromatic heterocycles. The highest BCUT2D eigenvalue weighted by molar-refractivity contribution is 7.92. The second kappa shape index (κ2) is 6.02. The normalized spacial score (nSPS) is 23.3. The molecule has 2 fully saturated rings. The molecule has 1 amide bonds. The molecule has 1 aliphatic heterocycles. The van der Waals surface area contributed by atoms with Crippen molar-refractivity contribution in [1.82, 2.24) is 14.7 Å². The molecule has 6 nitrogen and oxygen atoms in total. The van der Waals surface area contributed by atoms with Crippen LogP contribution in [0.3, 0.4) is 0 Å². The molecule has 1 aliphatic carbocycles. The van der Waals surface area contributed by atoms with Crippen molar-refractivity contribution < 1.29 is 13.2 Å². The molecule has 1 saturated carbocycles. The van der Waals surface area contributed by atoms with E-state index in [1.165, 1.54) is 0 Å². The van der Waals surface area contributed by atoms with Crippen molar-refractivity contribution in [3.8, 4) is 0 Å². The van der Waals surface area contributed by atoms with Crippen LogP contribution in [-0.2, 0) is 21.7 Å². The van der Waals surface area contributed by atoms with Crippen molar-refractivity contribution in [2.45, 2.75) is 49.8 Å². The van der Waals surface area contributed by atoms with Crippen LogP contribution in [-0.4, -0.2) is 46.6 Å². The van der Waals surface area contributed by atoms with Gasteiger partial charge in [0.15, 0.2) is 9.84 Å². The zero-order valence-corrected chi connectivity index (χ0v) is 13.8. The van der Waals surface area contributed by atoms with E-state index in [0.29, 0.717) is 19.4 Å². The van der Waals surface area contributed by atoms with Gasteiger partial charge in [-0.05, 0) is 25.7 Å². The van der Waals surface area contributed by atoms with E-state index < -0.39 is 9.84 Å². The van der Waals surface area contributed by atoms with Gasteiger partial charge < -0.3 is 4.90 Å². The lowest BCUT2D eigenvalue weighted by Crippen LogP contribution is -2.37. The molecule has 0 aromatic carbocycles. The van der Waals surface area contributed by atoms with Gasteiger partial charge >= 0.3 is 0 Å². The number of carbonyl (C=O) groups is 1. The Morgan fingerprint density at radius 2 is 2.00 bits per heavy atom. The molecular weight excluding hydrogens is 302 g/mol. The minimum absolute atomic E-state index is 0.0278. The Hall–Kier alpha value is -1.37. The van der Waals surface area contributed by atoms with Crippen LogP contribution in [0.4, 0.5) is 0 Å². The minimum atomic E-state index is -3.31. The zero-order chi connectivity index (χ0) is 15.7. The summed E-state index contributed by atoms with van der Waals surface area (Å²) in [6.45, 7) is 0.637. The first-order valence-corrected chi connectivity index (χ1v) is 9.68. The highest BCUT2D eigenvalue weighted by Crippen LogP contribution is 2.32. The number of nitrogens with zero attached hydrogens (tertiary/aromatic N) is 3. The van der Waals surface area contributed by atoms with Crippen molar-refractivity contribution >= 4 is 15.7 Å². The molecule has 0 bridgehead atoms. The average Bonchev–Trinajstić information content (AvgIpc) is 3.19. The highest BCUT2D eigenvalue weighted by Gasteiger charge is 2.36. The summed E-state index contributed by atoms with van der Waals surface area (Å²) in [5, 5.41) is 3.84. The van der Waals surface area contributed by atoms with E-state index in [1.54, 1.807) is 15.8 Å². The fraction of sp³-hybridized carbons (Fsp3) is 0.733.